The third-order valence-electron chi connectivity index (χ3n) is 2.31. The Kier molecular flexibility index (Phi) is 3.35. The molecule has 0 radical (unpaired) electrons. The van der Waals surface area contributed by atoms with E-state index in [4.69, 9.17) is 18.0 Å². The van der Waals surface area contributed by atoms with Gasteiger partial charge in [-0.1, -0.05) is 24.4 Å². The number of hydrogen-bond donors (Lipinski definition) is 2. The average Bonchev–Trinajstić information content (AvgIpc) is 2.32. The highest BCUT2D eigenvalue weighted by atomic mass is 32.1. The Hall–Kier alpha value is -1.94. The van der Waals surface area contributed by atoms with Crippen molar-refractivity contribution < 1.29 is 4.39 Å². The first-order chi connectivity index (χ1) is 8.16. The Bertz CT molecular complexity index is 537. The lowest BCUT2D eigenvalue weighted by atomic mass is 10.2. The van der Waals surface area contributed by atoms with Crippen molar-refractivity contribution in [2.24, 2.45) is 0 Å². The molecule has 0 saturated carbocycles. The fourth-order valence-corrected chi connectivity index (χ4v) is 1.74. The number of thiocarbonyl (C=S) groups is 1. The van der Waals surface area contributed by atoms with Gasteiger partial charge in [0.15, 0.2) is 0 Å². The molecule has 0 amide bonds. The van der Waals surface area contributed by atoms with Gasteiger partial charge in [-0.25, -0.2) is 4.39 Å². The van der Waals surface area contributed by atoms with Crippen LogP contribution in [0.4, 0.5) is 15.8 Å². The lowest BCUT2D eigenvalue weighted by molar-refractivity contribution is 0.628. The van der Waals surface area contributed by atoms with Gasteiger partial charge in [-0.15, -0.1) is 0 Å². The minimum Gasteiger partial charge on any atom is -0.398 e. The second-order valence-electron chi connectivity index (χ2n) is 3.55. The Morgan fingerprint density at radius 1 is 1.06 bits per heavy atom. The van der Waals surface area contributed by atoms with Crippen LogP contribution < -0.4 is 11.1 Å². The van der Waals surface area contributed by atoms with Crippen molar-refractivity contribution in [2.45, 2.75) is 0 Å². The smallest absolute Gasteiger partial charge is 0.123 e. The molecule has 0 saturated heterocycles. The first-order valence-electron chi connectivity index (χ1n) is 5.08. The van der Waals surface area contributed by atoms with E-state index in [2.05, 4.69) is 5.32 Å². The Balaban J connectivity index is 2.17. The Labute approximate surface area is 104 Å². The van der Waals surface area contributed by atoms with Crippen molar-refractivity contribution in [3.05, 3.63) is 59.9 Å². The van der Waals surface area contributed by atoms with E-state index in [0.29, 0.717) is 10.7 Å². The number of hydrogen-bond acceptors (Lipinski definition) is 2. The maximum Gasteiger partial charge on any atom is 0.123 e. The predicted molar refractivity (Wildman–Crippen MR) is 72.6 cm³/mol. The third kappa shape index (κ3) is 2.79. The Morgan fingerprint density at radius 3 is 2.35 bits per heavy atom. The van der Waals surface area contributed by atoms with Gasteiger partial charge in [0, 0.05) is 16.9 Å². The van der Waals surface area contributed by atoms with Gasteiger partial charge in [0.1, 0.15) is 10.8 Å². The highest BCUT2D eigenvalue weighted by molar-refractivity contribution is 7.81. The molecule has 0 aromatic heterocycles. The third-order valence-corrected chi connectivity index (χ3v) is 2.63. The minimum atomic E-state index is -0.277. The number of rotatable bonds is 2. The summed E-state index contributed by atoms with van der Waals surface area (Å²) in [4.78, 5) is 0.523. The minimum absolute atomic E-state index is 0.277. The summed E-state index contributed by atoms with van der Waals surface area (Å²) in [5.74, 6) is -0.277. The summed E-state index contributed by atoms with van der Waals surface area (Å²) in [5.41, 5.74) is 7.94. The highest BCUT2D eigenvalue weighted by Crippen LogP contribution is 2.15. The SMILES string of the molecule is Nc1ccccc1C(=S)Nc1ccc(F)cc1. The fraction of sp³-hybridized carbons (Fsp3) is 0. The largest absolute Gasteiger partial charge is 0.398 e. The summed E-state index contributed by atoms with van der Waals surface area (Å²) < 4.78 is 12.7. The van der Waals surface area contributed by atoms with Crippen molar-refractivity contribution in [3.63, 3.8) is 0 Å². The molecule has 86 valence electrons. The van der Waals surface area contributed by atoms with Crippen LogP contribution in [0.1, 0.15) is 5.56 Å². The molecular weight excluding hydrogens is 235 g/mol. The van der Waals surface area contributed by atoms with Crippen molar-refractivity contribution in [3.8, 4) is 0 Å². The number of anilines is 2. The summed E-state index contributed by atoms with van der Waals surface area (Å²) in [6.07, 6.45) is 0. The molecule has 2 rings (SSSR count). The van der Waals surface area contributed by atoms with Crippen LogP contribution in [0.15, 0.2) is 48.5 Å². The predicted octanol–water partition coefficient (Wildman–Crippen LogP) is 3.20. The van der Waals surface area contributed by atoms with Crippen LogP contribution in [0.5, 0.6) is 0 Å². The topological polar surface area (TPSA) is 38.0 Å². The zero-order valence-electron chi connectivity index (χ0n) is 8.98. The van der Waals surface area contributed by atoms with E-state index in [0.717, 1.165) is 11.3 Å². The highest BCUT2D eigenvalue weighted by Gasteiger charge is 2.04. The van der Waals surface area contributed by atoms with Crippen molar-refractivity contribution >= 4 is 28.6 Å². The van der Waals surface area contributed by atoms with E-state index >= 15 is 0 Å². The zero-order chi connectivity index (χ0) is 12.3. The number of benzene rings is 2. The first-order valence-corrected chi connectivity index (χ1v) is 5.49. The van der Waals surface area contributed by atoms with Crippen LogP contribution in [-0.4, -0.2) is 4.99 Å². The summed E-state index contributed by atoms with van der Waals surface area (Å²) >= 11 is 5.24. The molecule has 17 heavy (non-hydrogen) atoms. The number of nitrogens with one attached hydrogen (secondary N) is 1. The van der Waals surface area contributed by atoms with Gasteiger partial charge in [0.2, 0.25) is 0 Å². The molecule has 3 N–H and O–H groups in total. The maximum absolute atomic E-state index is 12.7. The van der Waals surface area contributed by atoms with Gasteiger partial charge in [-0.3, -0.25) is 0 Å². The summed E-state index contributed by atoms with van der Waals surface area (Å²) in [6, 6.07) is 13.3. The summed E-state index contributed by atoms with van der Waals surface area (Å²) in [7, 11) is 0. The number of nitrogens with two attached hydrogens (primary N) is 1. The van der Waals surface area contributed by atoms with Crippen molar-refractivity contribution in [1.82, 2.24) is 0 Å². The second kappa shape index (κ2) is 4.93. The molecule has 0 aliphatic carbocycles. The van der Waals surface area contributed by atoms with Crippen molar-refractivity contribution in [2.75, 3.05) is 11.1 Å². The maximum atomic E-state index is 12.7. The molecule has 2 aromatic carbocycles. The molecule has 0 unspecified atom stereocenters. The van der Waals surface area contributed by atoms with Gasteiger partial charge in [-0.2, -0.15) is 0 Å². The van der Waals surface area contributed by atoms with Crippen LogP contribution in [0.3, 0.4) is 0 Å². The molecule has 0 atom stereocenters. The molecule has 4 heteroatoms. The summed E-state index contributed by atoms with van der Waals surface area (Å²) in [5, 5.41) is 3.01. The van der Waals surface area contributed by atoms with E-state index in [1.54, 1.807) is 18.2 Å². The van der Waals surface area contributed by atoms with E-state index in [-0.39, 0.29) is 5.82 Å². The van der Waals surface area contributed by atoms with Gasteiger partial charge in [0.25, 0.3) is 0 Å². The zero-order valence-corrected chi connectivity index (χ0v) is 9.80. The number of halogens is 1. The van der Waals surface area contributed by atoms with Crippen LogP contribution in [0.25, 0.3) is 0 Å². The molecule has 0 aliphatic rings. The monoisotopic (exact) mass is 246 g/mol. The quantitative estimate of drug-likeness (QED) is 0.631. The fourth-order valence-electron chi connectivity index (χ4n) is 1.44. The standard InChI is InChI=1S/C13H11FN2S/c14-9-5-7-10(8-6-9)16-13(17)11-3-1-2-4-12(11)15/h1-8H,15H2,(H,16,17). The average molecular weight is 246 g/mol. The molecule has 0 fully saturated rings. The van der Waals surface area contributed by atoms with Crippen LogP contribution in [0.2, 0.25) is 0 Å². The first kappa shape index (κ1) is 11.5. The molecule has 0 heterocycles. The van der Waals surface area contributed by atoms with Crippen molar-refractivity contribution in [1.29, 1.82) is 0 Å². The lowest BCUT2D eigenvalue weighted by Crippen LogP contribution is -2.12. The van der Waals surface area contributed by atoms with Crippen LogP contribution in [-0.2, 0) is 0 Å². The van der Waals surface area contributed by atoms with Gasteiger partial charge >= 0.3 is 0 Å². The summed E-state index contributed by atoms with van der Waals surface area (Å²) in [6.45, 7) is 0. The molecule has 0 aliphatic heterocycles. The molecular formula is C13H11FN2S. The van der Waals surface area contributed by atoms with Gasteiger partial charge < -0.3 is 11.1 Å². The van der Waals surface area contributed by atoms with E-state index in [1.165, 1.54) is 12.1 Å². The Morgan fingerprint density at radius 2 is 1.71 bits per heavy atom. The van der Waals surface area contributed by atoms with E-state index in [1.807, 2.05) is 18.2 Å². The van der Waals surface area contributed by atoms with Gasteiger partial charge in [0.05, 0.1) is 0 Å². The normalized spacial score (nSPS) is 9.94. The van der Waals surface area contributed by atoms with E-state index < -0.39 is 0 Å². The van der Waals surface area contributed by atoms with Crippen LogP contribution >= 0.6 is 12.2 Å². The van der Waals surface area contributed by atoms with Gasteiger partial charge in [-0.05, 0) is 36.4 Å². The van der Waals surface area contributed by atoms with Crippen LogP contribution in [0, 0.1) is 5.82 Å². The molecule has 0 bridgehead atoms. The molecule has 2 nitrogen and oxygen atoms in total. The second-order valence-corrected chi connectivity index (χ2v) is 3.96. The number of nitrogen functional groups attached to an aromatic ring is 1. The molecule has 0 spiro atoms. The lowest BCUT2D eigenvalue weighted by Gasteiger charge is -2.09. The van der Waals surface area contributed by atoms with E-state index in [9.17, 15) is 4.39 Å². The number of para-hydroxylation sites is 1. The molecule has 2 aromatic rings.